The van der Waals surface area contributed by atoms with Crippen molar-refractivity contribution in [2.45, 2.75) is 25.9 Å². The molecule has 2 N–H and O–H groups in total. The maximum atomic E-state index is 12.8. The molecule has 0 aliphatic heterocycles. The van der Waals surface area contributed by atoms with Crippen LogP contribution in [0.5, 0.6) is 11.5 Å². The first-order valence-electron chi connectivity index (χ1n) is 8.62. The van der Waals surface area contributed by atoms with Gasteiger partial charge in [-0.3, -0.25) is 0 Å². The Morgan fingerprint density at radius 3 is 2.65 bits per heavy atom. The number of carboxylic acids is 1. The van der Waals surface area contributed by atoms with Crippen LogP contribution in [0.4, 0.5) is 4.39 Å². The topological polar surface area (TPSA) is 67.8 Å². The van der Waals surface area contributed by atoms with Gasteiger partial charge in [-0.1, -0.05) is 12.1 Å². The smallest absolute Gasteiger partial charge is 0.344 e. The monoisotopic (exact) mass is 361 g/mol. The van der Waals surface area contributed by atoms with Gasteiger partial charge in [0.25, 0.3) is 0 Å². The Bertz CT molecular complexity index is 690. The quantitative estimate of drug-likeness (QED) is 0.601. The fourth-order valence-corrected chi connectivity index (χ4v) is 2.30. The van der Waals surface area contributed by atoms with Gasteiger partial charge >= 0.3 is 5.97 Å². The van der Waals surface area contributed by atoms with Gasteiger partial charge in [-0.05, 0) is 74.8 Å². The summed E-state index contributed by atoms with van der Waals surface area (Å²) < 4.78 is 23.7. The van der Waals surface area contributed by atoms with E-state index in [1.165, 1.54) is 19.1 Å². The number of nitrogens with one attached hydrogen (secondary N) is 1. The van der Waals surface area contributed by atoms with E-state index < -0.39 is 12.1 Å². The normalized spacial score (nSPS) is 11.8. The lowest BCUT2D eigenvalue weighted by atomic mass is 10.1. The molecule has 0 radical (unpaired) electrons. The number of hydrogen-bond acceptors (Lipinski definition) is 4. The maximum Gasteiger partial charge on any atom is 0.344 e. The fourth-order valence-electron chi connectivity index (χ4n) is 2.30. The molecule has 0 amide bonds. The van der Waals surface area contributed by atoms with Gasteiger partial charge in [0.15, 0.2) is 6.10 Å². The van der Waals surface area contributed by atoms with Crippen molar-refractivity contribution in [3.63, 3.8) is 0 Å². The Morgan fingerprint density at radius 1 is 1.15 bits per heavy atom. The highest BCUT2D eigenvalue weighted by atomic mass is 19.1. The number of halogens is 1. The molecule has 140 valence electrons. The first kappa shape index (κ1) is 19.7. The summed E-state index contributed by atoms with van der Waals surface area (Å²) in [5.74, 6) is -0.0327. The zero-order chi connectivity index (χ0) is 18.8. The molecular formula is C20H24FNO4. The van der Waals surface area contributed by atoms with Crippen molar-refractivity contribution in [1.29, 1.82) is 0 Å². The first-order chi connectivity index (χ1) is 12.5. The molecule has 2 rings (SSSR count). The second-order valence-corrected chi connectivity index (χ2v) is 5.90. The molecule has 1 unspecified atom stereocenters. The van der Waals surface area contributed by atoms with E-state index in [0.29, 0.717) is 18.1 Å². The van der Waals surface area contributed by atoms with Crippen LogP contribution in [0.2, 0.25) is 0 Å². The lowest BCUT2D eigenvalue weighted by Gasteiger charge is -2.11. The third kappa shape index (κ3) is 7.11. The average molecular weight is 361 g/mol. The molecule has 0 saturated carbocycles. The number of hydrogen-bond donors (Lipinski definition) is 2. The summed E-state index contributed by atoms with van der Waals surface area (Å²) in [5, 5.41) is 12.2. The molecular weight excluding hydrogens is 337 g/mol. The number of rotatable bonds is 11. The van der Waals surface area contributed by atoms with E-state index >= 15 is 0 Å². The van der Waals surface area contributed by atoms with Gasteiger partial charge in [-0.15, -0.1) is 0 Å². The van der Waals surface area contributed by atoms with Crippen molar-refractivity contribution in [1.82, 2.24) is 5.32 Å². The van der Waals surface area contributed by atoms with E-state index in [9.17, 15) is 9.18 Å². The molecule has 2 aromatic carbocycles. The lowest BCUT2D eigenvalue weighted by molar-refractivity contribution is -0.144. The molecule has 0 aromatic heterocycles. The SMILES string of the molecule is CC(Oc1cccc(CCNCCCOc2ccc(F)cc2)c1)C(=O)O. The summed E-state index contributed by atoms with van der Waals surface area (Å²) in [5.41, 5.74) is 1.08. The minimum absolute atomic E-state index is 0.272. The van der Waals surface area contributed by atoms with E-state index in [-0.39, 0.29) is 5.82 Å². The maximum absolute atomic E-state index is 12.8. The highest BCUT2D eigenvalue weighted by Gasteiger charge is 2.12. The lowest BCUT2D eigenvalue weighted by Crippen LogP contribution is -2.23. The molecule has 0 spiro atoms. The second kappa shape index (κ2) is 10.4. The Balaban J connectivity index is 1.60. The molecule has 0 aliphatic rings. The summed E-state index contributed by atoms with van der Waals surface area (Å²) in [6, 6.07) is 13.4. The Morgan fingerprint density at radius 2 is 1.92 bits per heavy atom. The van der Waals surface area contributed by atoms with Crippen LogP contribution in [0.3, 0.4) is 0 Å². The number of ether oxygens (including phenoxy) is 2. The van der Waals surface area contributed by atoms with Crippen LogP contribution >= 0.6 is 0 Å². The van der Waals surface area contributed by atoms with Crippen molar-refractivity contribution >= 4 is 5.97 Å². The van der Waals surface area contributed by atoms with Crippen LogP contribution < -0.4 is 14.8 Å². The average Bonchev–Trinajstić information content (AvgIpc) is 2.62. The van der Waals surface area contributed by atoms with Crippen LogP contribution in [-0.2, 0) is 11.2 Å². The van der Waals surface area contributed by atoms with Crippen molar-refractivity contribution in [3.8, 4) is 11.5 Å². The molecule has 0 heterocycles. The van der Waals surface area contributed by atoms with Crippen LogP contribution in [0.25, 0.3) is 0 Å². The first-order valence-corrected chi connectivity index (χ1v) is 8.62. The van der Waals surface area contributed by atoms with Gasteiger partial charge < -0.3 is 19.9 Å². The van der Waals surface area contributed by atoms with Crippen molar-refractivity contribution in [2.24, 2.45) is 0 Å². The van der Waals surface area contributed by atoms with Crippen molar-refractivity contribution in [2.75, 3.05) is 19.7 Å². The number of aliphatic carboxylic acids is 1. The number of carboxylic acid groups (broad SMARTS) is 1. The van der Waals surface area contributed by atoms with Gasteiger partial charge in [0.1, 0.15) is 17.3 Å². The van der Waals surface area contributed by atoms with Crippen LogP contribution in [0.1, 0.15) is 18.9 Å². The Labute approximate surface area is 152 Å². The van der Waals surface area contributed by atoms with E-state index in [1.807, 2.05) is 18.2 Å². The summed E-state index contributed by atoms with van der Waals surface area (Å²) in [4.78, 5) is 10.8. The van der Waals surface area contributed by atoms with E-state index in [4.69, 9.17) is 14.6 Å². The third-order valence-corrected chi connectivity index (χ3v) is 3.73. The third-order valence-electron chi connectivity index (χ3n) is 3.73. The van der Waals surface area contributed by atoms with Gasteiger partial charge in [-0.2, -0.15) is 0 Å². The highest BCUT2D eigenvalue weighted by Crippen LogP contribution is 2.15. The molecule has 0 saturated heterocycles. The van der Waals surface area contributed by atoms with Crippen LogP contribution in [-0.4, -0.2) is 36.9 Å². The van der Waals surface area contributed by atoms with E-state index in [0.717, 1.165) is 31.5 Å². The Hall–Kier alpha value is -2.60. The summed E-state index contributed by atoms with van der Waals surface area (Å²) in [6.07, 6.45) is 0.790. The summed E-state index contributed by atoms with van der Waals surface area (Å²) in [7, 11) is 0. The van der Waals surface area contributed by atoms with Crippen LogP contribution in [0.15, 0.2) is 48.5 Å². The minimum Gasteiger partial charge on any atom is -0.494 e. The standard InChI is InChI=1S/C20H24FNO4/c1-15(20(23)24)26-19-5-2-4-16(14-19)10-12-22-11-3-13-25-18-8-6-17(21)7-9-18/h2,4-9,14-15,22H,3,10-13H2,1H3,(H,23,24). The molecule has 1 atom stereocenters. The van der Waals surface area contributed by atoms with Gasteiger partial charge in [0.2, 0.25) is 0 Å². The van der Waals surface area contributed by atoms with Gasteiger partial charge in [0, 0.05) is 0 Å². The molecule has 5 nitrogen and oxygen atoms in total. The molecule has 0 fully saturated rings. The highest BCUT2D eigenvalue weighted by molar-refractivity contribution is 5.72. The minimum atomic E-state index is -0.986. The molecule has 0 bridgehead atoms. The largest absolute Gasteiger partial charge is 0.494 e. The van der Waals surface area contributed by atoms with Crippen LogP contribution in [0, 0.1) is 5.82 Å². The number of benzene rings is 2. The summed E-state index contributed by atoms with van der Waals surface area (Å²) >= 11 is 0. The molecule has 6 heteroatoms. The Kier molecular flexibility index (Phi) is 7.89. The van der Waals surface area contributed by atoms with Gasteiger partial charge in [-0.25, -0.2) is 9.18 Å². The molecule has 26 heavy (non-hydrogen) atoms. The van der Waals surface area contributed by atoms with Crippen molar-refractivity contribution < 1.29 is 23.8 Å². The predicted molar refractivity (Wildman–Crippen MR) is 97.3 cm³/mol. The predicted octanol–water partition coefficient (Wildman–Crippen LogP) is 3.28. The number of carbonyl (C=O) groups is 1. The van der Waals surface area contributed by atoms with E-state index in [2.05, 4.69) is 5.32 Å². The molecule has 2 aromatic rings. The summed E-state index contributed by atoms with van der Waals surface area (Å²) in [6.45, 7) is 3.68. The zero-order valence-corrected chi connectivity index (χ0v) is 14.8. The fraction of sp³-hybridized carbons (Fsp3) is 0.350. The van der Waals surface area contributed by atoms with Gasteiger partial charge in [0.05, 0.1) is 6.61 Å². The second-order valence-electron chi connectivity index (χ2n) is 5.90. The van der Waals surface area contributed by atoms with E-state index in [1.54, 1.807) is 18.2 Å². The molecule has 0 aliphatic carbocycles. The zero-order valence-electron chi connectivity index (χ0n) is 14.8. The van der Waals surface area contributed by atoms with Crippen molar-refractivity contribution in [3.05, 3.63) is 59.9 Å².